The highest BCUT2D eigenvalue weighted by Gasteiger charge is 2.58. The average molecular weight is 696 g/mol. The third-order valence-corrected chi connectivity index (χ3v) is 8.22. The number of ether oxygens (including phenoxy) is 1. The lowest BCUT2D eigenvalue weighted by Crippen LogP contribution is -2.76. The van der Waals surface area contributed by atoms with Crippen molar-refractivity contribution in [1.82, 2.24) is 20.0 Å². The lowest BCUT2D eigenvalue weighted by molar-refractivity contribution is -0.753. The lowest BCUT2D eigenvalue weighted by atomic mass is 9.84. The van der Waals surface area contributed by atoms with Gasteiger partial charge in [0.2, 0.25) is 6.20 Å². The van der Waals surface area contributed by atoms with Crippen LogP contribution >= 0.6 is 11.3 Å². The molecule has 20 heteroatoms. The summed E-state index contributed by atoms with van der Waals surface area (Å²) in [6, 6.07) is 5.63. The first-order valence-electron chi connectivity index (χ1n) is 14.0. The van der Waals surface area contributed by atoms with Crippen LogP contribution in [0.25, 0.3) is 11.1 Å². The van der Waals surface area contributed by atoms with Crippen molar-refractivity contribution in [2.45, 2.75) is 50.9 Å². The van der Waals surface area contributed by atoms with Gasteiger partial charge in [-0.1, -0.05) is 17.3 Å². The maximum Gasteiger partial charge on any atom is 0.418 e. The maximum absolute atomic E-state index is 13.3. The molecule has 254 valence electrons. The number of carboxylic acids is 1. The highest BCUT2D eigenvalue weighted by Crippen LogP contribution is 2.33. The molecule has 0 radical (unpaired) electrons. The zero-order chi connectivity index (χ0) is 34.7. The summed E-state index contributed by atoms with van der Waals surface area (Å²) in [4.78, 5) is 47.5. The van der Waals surface area contributed by atoms with Gasteiger partial charge in [-0.3, -0.25) is 14.1 Å². The number of anilines is 1. The molecule has 1 aromatic carbocycles. The fourth-order valence-electron chi connectivity index (χ4n) is 4.44. The molecule has 2 amide bonds. The number of aryl methyl sites for hydroxylation is 2. The summed E-state index contributed by atoms with van der Waals surface area (Å²) in [5.41, 5.74) is 9.05. The second-order valence-corrected chi connectivity index (χ2v) is 13.1. The van der Waals surface area contributed by atoms with Gasteiger partial charge < -0.3 is 31.5 Å². The number of carboxylic acid groups (broad SMARTS) is 1. The number of carbonyl (C=O) groups excluding carboxylic acids is 2. The number of rotatable bonds is 15. The normalized spacial score (nSPS) is 17.5. The van der Waals surface area contributed by atoms with E-state index >= 15 is 0 Å². The van der Waals surface area contributed by atoms with E-state index in [2.05, 4.69) is 19.7 Å². The summed E-state index contributed by atoms with van der Waals surface area (Å²) >= 11 is 0.960. The number of hydrogen-bond acceptors (Lipinski definition) is 13. The van der Waals surface area contributed by atoms with Crippen LogP contribution in [0.1, 0.15) is 32.9 Å². The summed E-state index contributed by atoms with van der Waals surface area (Å²) in [6.45, 7) is 4.73. The van der Waals surface area contributed by atoms with Crippen LogP contribution in [0.2, 0.25) is 0 Å². The Kier molecular flexibility index (Phi) is 10.2. The van der Waals surface area contributed by atoms with Crippen molar-refractivity contribution in [2.24, 2.45) is 17.9 Å². The number of nitrogens with zero attached hydrogens (tertiary/aromatic N) is 5. The van der Waals surface area contributed by atoms with Gasteiger partial charge in [0.1, 0.15) is 24.1 Å². The van der Waals surface area contributed by atoms with Crippen molar-refractivity contribution in [2.75, 3.05) is 18.9 Å². The molecule has 0 bridgehead atoms. The number of nitrogens with one attached hydrogen (secondary N) is 1. The molecular formula is C27H35N8O10S2+. The number of nitrogens with two attached hydrogens (primary N) is 2. The van der Waals surface area contributed by atoms with Crippen molar-refractivity contribution in [3.8, 4) is 16.9 Å². The van der Waals surface area contributed by atoms with Gasteiger partial charge in [0.15, 0.2) is 17.9 Å². The first-order chi connectivity index (χ1) is 21.9. The zero-order valence-electron chi connectivity index (χ0n) is 25.8. The molecule has 2 atom stereocenters. The highest BCUT2D eigenvalue weighted by atomic mass is 32.3. The number of β-lactam (4-membered cyclic amide) rings is 1. The first kappa shape index (κ1) is 35.2. The van der Waals surface area contributed by atoms with E-state index in [9.17, 15) is 27.9 Å². The molecule has 7 N–H and O–H groups in total. The molecule has 1 aliphatic rings. The average Bonchev–Trinajstić information content (AvgIpc) is 3.60. The minimum Gasteiger partial charge on any atom is -0.489 e. The molecule has 2 aromatic heterocycles. The van der Waals surface area contributed by atoms with Gasteiger partial charge in [0.05, 0.1) is 23.8 Å². The molecule has 0 unspecified atom stereocenters. The Labute approximate surface area is 273 Å². The minimum atomic E-state index is -5.02. The van der Waals surface area contributed by atoms with E-state index in [1.54, 1.807) is 12.1 Å². The summed E-state index contributed by atoms with van der Waals surface area (Å²) in [6.07, 6.45) is 4.79. The van der Waals surface area contributed by atoms with Crippen LogP contribution in [0, 0.1) is 0 Å². The Morgan fingerprint density at radius 3 is 2.49 bits per heavy atom. The Morgan fingerprint density at radius 1 is 1.26 bits per heavy atom. The van der Waals surface area contributed by atoms with Gasteiger partial charge in [-0.25, -0.2) is 9.78 Å². The predicted octanol–water partition coefficient (Wildman–Crippen LogP) is -0.150. The number of carbonyl (C=O) groups is 3. The molecule has 18 nitrogen and oxygen atoms in total. The van der Waals surface area contributed by atoms with Crippen LogP contribution < -0.4 is 26.2 Å². The number of amides is 2. The highest BCUT2D eigenvalue weighted by molar-refractivity contribution is 7.80. The number of benzene rings is 1. The van der Waals surface area contributed by atoms with E-state index in [0.717, 1.165) is 35.4 Å². The van der Waals surface area contributed by atoms with Crippen molar-refractivity contribution in [3.63, 3.8) is 0 Å². The van der Waals surface area contributed by atoms with Gasteiger partial charge >= 0.3 is 16.4 Å². The third-order valence-electron chi connectivity index (χ3n) is 7.20. The fourth-order valence-corrected chi connectivity index (χ4v) is 5.45. The minimum absolute atomic E-state index is 0.0573. The summed E-state index contributed by atoms with van der Waals surface area (Å²) in [5.74, 6) is -3.14. The van der Waals surface area contributed by atoms with E-state index in [4.69, 9.17) is 25.6 Å². The maximum atomic E-state index is 13.3. The smallest absolute Gasteiger partial charge is 0.418 e. The molecule has 0 aliphatic carbocycles. The topological polar surface area (TPSA) is 255 Å². The molecule has 1 aliphatic heterocycles. The summed E-state index contributed by atoms with van der Waals surface area (Å²) in [5, 5.41) is 17.9. The van der Waals surface area contributed by atoms with Crippen molar-refractivity contribution in [3.05, 3.63) is 47.7 Å². The van der Waals surface area contributed by atoms with Crippen molar-refractivity contribution < 1.29 is 51.0 Å². The molecule has 4 rings (SSSR count). The Morgan fingerprint density at radius 2 is 1.94 bits per heavy atom. The molecular weight excluding hydrogens is 660 g/mol. The summed E-state index contributed by atoms with van der Waals surface area (Å²) < 4.78 is 45.2. The van der Waals surface area contributed by atoms with Crippen molar-refractivity contribution >= 4 is 50.4 Å². The van der Waals surface area contributed by atoms with E-state index in [1.165, 1.54) is 26.2 Å². The molecule has 0 spiro atoms. The number of nitrogen functional groups attached to an aromatic ring is 1. The molecule has 1 fully saturated rings. The molecule has 47 heavy (non-hydrogen) atoms. The second kappa shape index (κ2) is 13.6. The van der Waals surface area contributed by atoms with Crippen LogP contribution in [-0.4, -0.2) is 86.6 Å². The molecule has 0 saturated carbocycles. The number of hydroxylamine groups is 2. The Hall–Kier alpha value is -4.63. The second-order valence-electron chi connectivity index (χ2n) is 11.2. The largest absolute Gasteiger partial charge is 0.489 e. The Bertz CT molecular complexity index is 1790. The SMILES string of the molecule is C[n+]1cc(-c2ccc(OC[C@](C)(O/N=C(\C(=O)N[C@@H]3C(=O)N(OS(=O)(=O)O)C3(C)C)c3csc(N)n3)C(=O)O)cc2)cn1CCCN. The molecule has 1 saturated heterocycles. The number of oxime groups is 1. The van der Waals surface area contributed by atoms with E-state index in [1.807, 2.05) is 40.9 Å². The van der Waals surface area contributed by atoms with E-state index in [0.29, 0.717) is 17.4 Å². The quantitative estimate of drug-likeness (QED) is 0.0456. The zero-order valence-corrected chi connectivity index (χ0v) is 27.4. The van der Waals surface area contributed by atoms with Crippen LogP contribution in [0.3, 0.4) is 0 Å². The van der Waals surface area contributed by atoms with Crippen LogP contribution in [0.5, 0.6) is 5.75 Å². The van der Waals surface area contributed by atoms with E-state index in [-0.39, 0.29) is 10.8 Å². The van der Waals surface area contributed by atoms with Gasteiger partial charge in [-0.2, -0.15) is 18.2 Å². The van der Waals surface area contributed by atoms with E-state index < -0.39 is 57.7 Å². The number of aliphatic carboxylic acids is 1. The number of thiazole rings is 1. The third kappa shape index (κ3) is 8.03. The van der Waals surface area contributed by atoms with Gasteiger partial charge in [-0.15, -0.1) is 20.3 Å². The number of aromatic nitrogens is 3. The van der Waals surface area contributed by atoms with Crippen LogP contribution in [0.4, 0.5) is 5.13 Å². The van der Waals surface area contributed by atoms with Gasteiger partial charge in [0.25, 0.3) is 17.4 Å². The molecule has 3 heterocycles. The fraction of sp³-hybridized carbons (Fsp3) is 0.407. The molecule has 3 aromatic rings. The lowest BCUT2D eigenvalue weighted by Gasteiger charge is -2.50. The van der Waals surface area contributed by atoms with Gasteiger partial charge in [-0.05, 0) is 51.4 Å². The van der Waals surface area contributed by atoms with Gasteiger partial charge in [0, 0.05) is 5.38 Å². The predicted molar refractivity (Wildman–Crippen MR) is 166 cm³/mol. The van der Waals surface area contributed by atoms with Crippen molar-refractivity contribution in [1.29, 1.82) is 0 Å². The number of hydrogen-bond donors (Lipinski definition) is 5. The van der Waals surface area contributed by atoms with Crippen LogP contribution in [0.15, 0.2) is 47.2 Å². The van der Waals surface area contributed by atoms with Crippen LogP contribution in [-0.2, 0) is 47.5 Å². The Balaban J connectivity index is 1.49. The first-order valence-corrected chi connectivity index (χ1v) is 16.2. The standard InChI is InChI=1S/C27H34N8O10S2/c1-26(2)21(23(37)35(26)45-47(40,41)42)31-22(36)20(19-14-46-25(29)30-19)32-44-27(3,24(38)39)15-43-18-8-6-16(7-9-18)17-12-33(4)34(13-17)11-5-10-28/h6-9,12-14,21H,5,10-11,15,28H2,1-4H3,(H4-,29,30,31,36,38,39,40,41,42)/p+1/b32-20-/t21-,27+/m1/s1. The monoisotopic (exact) mass is 695 g/mol. The summed E-state index contributed by atoms with van der Waals surface area (Å²) in [7, 11) is -3.10.